The Balaban J connectivity index is 1.82. The zero-order chi connectivity index (χ0) is 16.9. The summed E-state index contributed by atoms with van der Waals surface area (Å²) in [5, 5.41) is 9.06. The van der Waals surface area contributed by atoms with E-state index >= 15 is 0 Å². The number of carbonyl (C=O) groups is 1. The molecule has 7 nitrogen and oxygen atoms in total. The number of carboxylic acid groups (broad SMARTS) is 1. The average Bonchev–Trinajstić information content (AvgIpc) is 2.63. The fraction of sp³-hybridized carbons (Fsp3) is 0.353. The van der Waals surface area contributed by atoms with Gasteiger partial charge in [-0.3, -0.25) is 4.98 Å². The average molecular weight is 328 g/mol. The summed E-state index contributed by atoms with van der Waals surface area (Å²) >= 11 is 0. The number of hydrogen-bond acceptors (Lipinski definition) is 5. The Bertz CT molecular complexity index is 697. The lowest BCUT2D eigenvalue weighted by molar-refractivity contribution is 0.142. The van der Waals surface area contributed by atoms with Gasteiger partial charge in [-0.15, -0.1) is 0 Å². The smallest absolute Gasteiger partial charge is 0.407 e. The maximum Gasteiger partial charge on any atom is 0.407 e. The Morgan fingerprint density at radius 3 is 2.42 bits per heavy atom. The van der Waals surface area contributed by atoms with E-state index in [1.807, 2.05) is 31.2 Å². The second kappa shape index (κ2) is 7.16. The van der Waals surface area contributed by atoms with Gasteiger partial charge in [0.1, 0.15) is 11.4 Å². The second-order valence-electron chi connectivity index (χ2n) is 5.44. The monoisotopic (exact) mass is 328 g/mol. The lowest BCUT2D eigenvalue weighted by atomic mass is 10.1. The molecule has 126 valence electrons. The molecule has 3 rings (SSSR count). The van der Waals surface area contributed by atoms with E-state index in [-0.39, 0.29) is 0 Å². The van der Waals surface area contributed by atoms with Gasteiger partial charge in [0, 0.05) is 44.1 Å². The molecule has 2 heterocycles. The lowest BCUT2D eigenvalue weighted by Crippen LogP contribution is -2.48. The number of hydrogen-bond donors (Lipinski definition) is 1. The molecule has 1 aromatic heterocycles. The van der Waals surface area contributed by atoms with Crippen molar-refractivity contribution in [2.75, 3.05) is 37.7 Å². The van der Waals surface area contributed by atoms with Crippen LogP contribution >= 0.6 is 0 Å². The normalized spacial score (nSPS) is 14.5. The summed E-state index contributed by atoms with van der Waals surface area (Å²) in [7, 11) is 0. The van der Waals surface area contributed by atoms with Crippen LogP contribution in [0.2, 0.25) is 0 Å². The summed E-state index contributed by atoms with van der Waals surface area (Å²) in [5.41, 5.74) is 1.76. The van der Waals surface area contributed by atoms with Crippen molar-refractivity contribution in [3.05, 3.63) is 36.7 Å². The number of rotatable bonds is 4. The molecule has 1 fully saturated rings. The topological polar surface area (TPSA) is 78.8 Å². The third kappa shape index (κ3) is 3.40. The van der Waals surface area contributed by atoms with Crippen molar-refractivity contribution < 1.29 is 14.6 Å². The van der Waals surface area contributed by atoms with Crippen LogP contribution in [0.5, 0.6) is 5.75 Å². The van der Waals surface area contributed by atoms with E-state index in [9.17, 15) is 4.79 Å². The predicted molar refractivity (Wildman–Crippen MR) is 90.4 cm³/mol. The summed E-state index contributed by atoms with van der Waals surface area (Å²) in [6, 6.07) is 7.76. The van der Waals surface area contributed by atoms with Crippen molar-refractivity contribution in [2.45, 2.75) is 6.92 Å². The van der Waals surface area contributed by atoms with Crippen LogP contribution in [0.15, 0.2) is 36.7 Å². The first kappa shape index (κ1) is 16.0. The van der Waals surface area contributed by atoms with Crippen molar-refractivity contribution in [2.24, 2.45) is 0 Å². The van der Waals surface area contributed by atoms with Gasteiger partial charge in [-0.1, -0.05) is 0 Å². The highest BCUT2D eigenvalue weighted by molar-refractivity contribution is 5.73. The minimum atomic E-state index is -0.875. The Labute approximate surface area is 140 Å². The first-order valence-corrected chi connectivity index (χ1v) is 7.96. The molecule has 1 aliphatic heterocycles. The van der Waals surface area contributed by atoms with Gasteiger partial charge in [0.15, 0.2) is 5.82 Å². The summed E-state index contributed by atoms with van der Waals surface area (Å²) in [6.07, 6.45) is 2.46. The molecule has 2 aromatic rings. The van der Waals surface area contributed by atoms with Crippen LogP contribution in [0.25, 0.3) is 11.3 Å². The number of ether oxygens (including phenoxy) is 1. The Morgan fingerprint density at radius 2 is 1.79 bits per heavy atom. The molecule has 0 bridgehead atoms. The highest BCUT2D eigenvalue weighted by Gasteiger charge is 2.23. The zero-order valence-corrected chi connectivity index (χ0v) is 13.6. The summed E-state index contributed by atoms with van der Waals surface area (Å²) in [6.45, 7) is 4.72. The van der Waals surface area contributed by atoms with E-state index in [1.165, 1.54) is 4.90 Å². The summed E-state index contributed by atoms with van der Waals surface area (Å²) in [4.78, 5) is 23.5. The standard InChI is InChI=1S/C17H20N4O3/c1-2-24-14-5-3-13(4-6-14)15-16(19-8-7-18-15)20-9-11-21(12-10-20)17(22)23/h3-8H,2,9-12H2,1H3,(H,22,23). The van der Waals surface area contributed by atoms with Crippen LogP contribution in [0.1, 0.15) is 6.92 Å². The van der Waals surface area contributed by atoms with Gasteiger partial charge >= 0.3 is 6.09 Å². The van der Waals surface area contributed by atoms with Gasteiger partial charge in [0.05, 0.1) is 6.61 Å². The van der Waals surface area contributed by atoms with Gasteiger partial charge in [-0.25, -0.2) is 9.78 Å². The number of piperazine rings is 1. The fourth-order valence-electron chi connectivity index (χ4n) is 2.75. The first-order chi connectivity index (χ1) is 11.7. The van der Waals surface area contributed by atoms with E-state index in [0.29, 0.717) is 32.8 Å². The fourth-order valence-corrected chi connectivity index (χ4v) is 2.75. The molecule has 0 aliphatic carbocycles. The SMILES string of the molecule is CCOc1ccc(-c2nccnc2N2CCN(C(=O)O)CC2)cc1. The number of aromatic nitrogens is 2. The Kier molecular flexibility index (Phi) is 4.79. The van der Waals surface area contributed by atoms with Crippen LogP contribution in [0.3, 0.4) is 0 Å². The van der Waals surface area contributed by atoms with Gasteiger partial charge < -0.3 is 19.6 Å². The van der Waals surface area contributed by atoms with Crippen molar-refractivity contribution in [1.29, 1.82) is 0 Å². The molecule has 1 aromatic carbocycles. The number of anilines is 1. The van der Waals surface area contributed by atoms with Crippen LogP contribution in [-0.4, -0.2) is 58.9 Å². The number of amides is 1. The highest BCUT2D eigenvalue weighted by atomic mass is 16.5. The largest absolute Gasteiger partial charge is 0.494 e. The van der Waals surface area contributed by atoms with E-state index in [4.69, 9.17) is 9.84 Å². The van der Waals surface area contributed by atoms with Gasteiger partial charge in [-0.05, 0) is 31.2 Å². The maximum atomic E-state index is 11.0. The van der Waals surface area contributed by atoms with Crippen molar-refractivity contribution in [3.8, 4) is 17.0 Å². The summed E-state index contributed by atoms with van der Waals surface area (Å²) in [5.74, 6) is 1.61. The highest BCUT2D eigenvalue weighted by Crippen LogP contribution is 2.28. The molecule has 1 aliphatic rings. The van der Waals surface area contributed by atoms with Crippen LogP contribution in [0.4, 0.5) is 10.6 Å². The molecule has 0 atom stereocenters. The third-order valence-corrected chi connectivity index (χ3v) is 3.97. The molecule has 24 heavy (non-hydrogen) atoms. The zero-order valence-electron chi connectivity index (χ0n) is 13.6. The molecule has 0 radical (unpaired) electrons. The Hall–Kier alpha value is -2.83. The molecular formula is C17H20N4O3. The molecule has 1 N–H and O–H groups in total. The van der Waals surface area contributed by atoms with Crippen molar-refractivity contribution >= 4 is 11.9 Å². The molecule has 1 amide bonds. The third-order valence-electron chi connectivity index (χ3n) is 3.97. The maximum absolute atomic E-state index is 11.0. The van der Waals surface area contributed by atoms with E-state index < -0.39 is 6.09 Å². The Morgan fingerprint density at radius 1 is 1.12 bits per heavy atom. The summed E-state index contributed by atoms with van der Waals surface area (Å²) < 4.78 is 5.47. The molecule has 0 saturated carbocycles. The van der Waals surface area contributed by atoms with Gasteiger partial charge in [0.2, 0.25) is 0 Å². The lowest BCUT2D eigenvalue weighted by Gasteiger charge is -2.34. The van der Waals surface area contributed by atoms with E-state index in [2.05, 4.69) is 14.9 Å². The molecular weight excluding hydrogens is 308 g/mol. The minimum absolute atomic E-state index is 0.467. The molecule has 1 saturated heterocycles. The molecule has 7 heteroatoms. The molecule has 0 unspecified atom stereocenters. The first-order valence-electron chi connectivity index (χ1n) is 7.96. The number of benzene rings is 1. The van der Waals surface area contributed by atoms with Crippen molar-refractivity contribution in [3.63, 3.8) is 0 Å². The van der Waals surface area contributed by atoms with Gasteiger partial charge in [0.25, 0.3) is 0 Å². The van der Waals surface area contributed by atoms with Crippen LogP contribution in [0, 0.1) is 0 Å². The van der Waals surface area contributed by atoms with E-state index in [0.717, 1.165) is 22.8 Å². The minimum Gasteiger partial charge on any atom is -0.494 e. The molecule has 0 spiro atoms. The van der Waals surface area contributed by atoms with Crippen molar-refractivity contribution in [1.82, 2.24) is 14.9 Å². The second-order valence-corrected chi connectivity index (χ2v) is 5.44. The van der Waals surface area contributed by atoms with Crippen LogP contribution in [-0.2, 0) is 0 Å². The van der Waals surface area contributed by atoms with E-state index in [1.54, 1.807) is 12.4 Å². The van der Waals surface area contributed by atoms with Gasteiger partial charge in [-0.2, -0.15) is 0 Å². The van der Waals surface area contributed by atoms with Crippen LogP contribution < -0.4 is 9.64 Å². The quantitative estimate of drug-likeness (QED) is 0.928. The predicted octanol–water partition coefficient (Wildman–Crippen LogP) is 2.34. The number of nitrogens with zero attached hydrogens (tertiary/aromatic N) is 4.